The van der Waals surface area contributed by atoms with Gasteiger partial charge in [-0.05, 0) is 38.3 Å². The number of aryl methyl sites for hydroxylation is 1. The van der Waals surface area contributed by atoms with Crippen LogP contribution >= 0.6 is 0 Å². The van der Waals surface area contributed by atoms with Crippen molar-refractivity contribution in [3.05, 3.63) is 41.9 Å². The molecule has 134 valence electrons. The number of hydrogen-bond acceptors (Lipinski definition) is 5. The Morgan fingerprint density at radius 3 is 3.00 bits per heavy atom. The van der Waals surface area contributed by atoms with Crippen LogP contribution < -0.4 is 0 Å². The van der Waals surface area contributed by atoms with Gasteiger partial charge in [-0.15, -0.1) is 0 Å². The third-order valence-corrected chi connectivity index (χ3v) is 5.57. The lowest BCUT2D eigenvalue weighted by molar-refractivity contribution is -0.0643. The summed E-state index contributed by atoms with van der Waals surface area (Å²) in [6.45, 7) is 5.13. The Labute approximate surface area is 148 Å². The second-order valence-electron chi connectivity index (χ2n) is 7.21. The fourth-order valence-corrected chi connectivity index (χ4v) is 4.18. The molecule has 3 heterocycles. The van der Waals surface area contributed by atoms with Gasteiger partial charge in [0, 0.05) is 24.1 Å². The van der Waals surface area contributed by atoms with Gasteiger partial charge in [-0.3, -0.25) is 4.90 Å². The molecule has 0 bridgehead atoms. The van der Waals surface area contributed by atoms with E-state index in [1.54, 1.807) is 0 Å². The molecule has 2 aromatic rings. The molecule has 3 atom stereocenters. The number of hydrogen-bond donors (Lipinski definition) is 1. The van der Waals surface area contributed by atoms with Gasteiger partial charge in [0.15, 0.2) is 5.76 Å². The smallest absolute Gasteiger partial charge is 0.209 e. The molecule has 25 heavy (non-hydrogen) atoms. The van der Waals surface area contributed by atoms with Gasteiger partial charge in [-0.2, -0.15) is 0 Å². The topological polar surface area (TPSA) is 58.7 Å². The number of aliphatic hydroxyl groups excluding tert-OH is 1. The molecule has 0 spiro atoms. The monoisotopic (exact) mass is 342 g/mol. The first-order valence-corrected chi connectivity index (χ1v) is 9.23. The van der Waals surface area contributed by atoms with E-state index < -0.39 is 0 Å². The van der Waals surface area contributed by atoms with Crippen LogP contribution in [0.4, 0.5) is 0 Å². The Kier molecular flexibility index (Phi) is 4.88. The molecule has 0 unspecified atom stereocenters. The molecule has 1 N–H and O–H groups in total. The maximum atomic E-state index is 10.4. The Balaban J connectivity index is 1.47. The molecule has 2 aliphatic rings. The van der Waals surface area contributed by atoms with E-state index in [4.69, 9.17) is 9.15 Å². The Morgan fingerprint density at radius 1 is 1.28 bits per heavy atom. The molecular formula is C20H26N2O3. The number of oxazole rings is 1. The molecule has 1 aromatic heterocycles. The number of nitrogens with zero attached hydrogens (tertiary/aromatic N) is 2. The van der Waals surface area contributed by atoms with E-state index >= 15 is 0 Å². The minimum atomic E-state index is -0.258. The van der Waals surface area contributed by atoms with Crippen molar-refractivity contribution in [2.24, 2.45) is 5.92 Å². The average molecular weight is 342 g/mol. The van der Waals surface area contributed by atoms with Crippen LogP contribution in [-0.2, 0) is 11.3 Å². The Bertz CT molecular complexity index is 714. The number of aromatic nitrogens is 1. The van der Waals surface area contributed by atoms with Gasteiger partial charge in [-0.1, -0.05) is 24.3 Å². The molecule has 0 saturated carbocycles. The van der Waals surface area contributed by atoms with Gasteiger partial charge in [0.2, 0.25) is 5.89 Å². The first-order chi connectivity index (χ1) is 12.2. The lowest BCUT2D eigenvalue weighted by Gasteiger charge is -2.36. The van der Waals surface area contributed by atoms with Gasteiger partial charge in [0.25, 0.3) is 0 Å². The molecule has 4 rings (SSSR count). The highest BCUT2D eigenvalue weighted by Gasteiger charge is 2.37. The summed E-state index contributed by atoms with van der Waals surface area (Å²) in [5.74, 6) is 1.77. The maximum Gasteiger partial charge on any atom is 0.209 e. The summed E-state index contributed by atoms with van der Waals surface area (Å²) in [7, 11) is 0. The predicted octanol–water partition coefficient (Wildman–Crippen LogP) is 3.01. The first-order valence-electron chi connectivity index (χ1n) is 9.23. The van der Waals surface area contributed by atoms with E-state index in [9.17, 15) is 5.11 Å². The van der Waals surface area contributed by atoms with Crippen molar-refractivity contribution in [1.82, 2.24) is 9.88 Å². The summed E-state index contributed by atoms with van der Waals surface area (Å²) in [6, 6.07) is 8.55. The quantitative estimate of drug-likeness (QED) is 0.925. The van der Waals surface area contributed by atoms with E-state index in [1.807, 2.05) is 18.3 Å². The SMILES string of the molecule is Cc1ccccc1-c1cnc(CN2CCC[C@@H]2[C@@H]2COCC[C@@H]2O)o1. The van der Waals surface area contributed by atoms with Gasteiger partial charge in [-0.25, -0.2) is 4.98 Å². The van der Waals surface area contributed by atoms with Crippen molar-refractivity contribution >= 4 is 0 Å². The van der Waals surface area contributed by atoms with Crippen LogP contribution in [0.5, 0.6) is 0 Å². The second-order valence-corrected chi connectivity index (χ2v) is 7.21. The van der Waals surface area contributed by atoms with Crippen LogP contribution in [-0.4, -0.2) is 46.9 Å². The summed E-state index contributed by atoms with van der Waals surface area (Å²) in [5, 5.41) is 10.4. The molecule has 0 aliphatic carbocycles. The molecule has 2 aliphatic heterocycles. The molecular weight excluding hydrogens is 316 g/mol. The molecule has 2 saturated heterocycles. The summed E-state index contributed by atoms with van der Waals surface area (Å²) < 4.78 is 11.6. The van der Waals surface area contributed by atoms with Crippen LogP contribution in [0.25, 0.3) is 11.3 Å². The van der Waals surface area contributed by atoms with Crippen LogP contribution in [0.15, 0.2) is 34.9 Å². The van der Waals surface area contributed by atoms with Gasteiger partial charge >= 0.3 is 0 Å². The van der Waals surface area contributed by atoms with Crippen LogP contribution in [0.1, 0.15) is 30.7 Å². The molecule has 1 aromatic carbocycles. The van der Waals surface area contributed by atoms with E-state index in [2.05, 4.69) is 28.9 Å². The Hall–Kier alpha value is -1.69. The van der Waals surface area contributed by atoms with E-state index in [0.29, 0.717) is 25.8 Å². The van der Waals surface area contributed by atoms with Gasteiger partial charge < -0.3 is 14.3 Å². The lowest BCUT2D eigenvalue weighted by Crippen LogP contribution is -2.45. The van der Waals surface area contributed by atoms with Gasteiger partial charge in [0.05, 0.1) is 25.5 Å². The van der Waals surface area contributed by atoms with Crippen LogP contribution in [0.3, 0.4) is 0 Å². The third kappa shape index (κ3) is 3.50. The molecule has 5 heteroatoms. The van der Waals surface area contributed by atoms with E-state index in [-0.39, 0.29) is 12.0 Å². The normalized spacial score (nSPS) is 27.7. The maximum absolute atomic E-state index is 10.4. The van der Waals surface area contributed by atoms with Crippen molar-refractivity contribution in [1.29, 1.82) is 0 Å². The van der Waals surface area contributed by atoms with Crippen molar-refractivity contribution in [2.75, 3.05) is 19.8 Å². The van der Waals surface area contributed by atoms with E-state index in [0.717, 1.165) is 43.0 Å². The average Bonchev–Trinajstić information content (AvgIpc) is 3.26. The lowest BCUT2D eigenvalue weighted by atomic mass is 9.89. The minimum absolute atomic E-state index is 0.196. The number of aliphatic hydroxyl groups is 1. The highest BCUT2D eigenvalue weighted by Crippen LogP contribution is 2.31. The number of likely N-dealkylation sites (tertiary alicyclic amines) is 1. The Morgan fingerprint density at radius 2 is 2.16 bits per heavy atom. The molecule has 5 nitrogen and oxygen atoms in total. The zero-order chi connectivity index (χ0) is 17.2. The first kappa shape index (κ1) is 16.8. The van der Waals surface area contributed by atoms with Crippen molar-refractivity contribution in [2.45, 2.75) is 44.9 Å². The largest absolute Gasteiger partial charge is 0.439 e. The summed E-state index contributed by atoms with van der Waals surface area (Å²) in [6.07, 6.45) is 4.56. The zero-order valence-electron chi connectivity index (χ0n) is 14.7. The summed E-state index contributed by atoms with van der Waals surface area (Å²) in [4.78, 5) is 6.89. The number of benzene rings is 1. The molecule has 0 amide bonds. The van der Waals surface area contributed by atoms with Crippen LogP contribution in [0, 0.1) is 12.8 Å². The molecule has 0 radical (unpaired) electrons. The van der Waals surface area contributed by atoms with E-state index in [1.165, 1.54) is 5.56 Å². The standard InChI is InChI=1S/C20H26N2O3/c1-14-5-2-3-6-15(14)19-11-21-20(25-19)12-22-9-4-7-17(22)16-13-24-10-8-18(16)23/h2-3,5-6,11,16-18,23H,4,7-10,12-13H2,1H3/t16-,17+,18-/m0/s1. The number of ether oxygens (including phenoxy) is 1. The molecule has 2 fully saturated rings. The fourth-order valence-electron chi connectivity index (χ4n) is 4.18. The van der Waals surface area contributed by atoms with Crippen LogP contribution in [0.2, 0.25) is 0 Å². The van der Waals surface area contributed by atoms with Gasteiger partial charge in [0.1, 0.15) is 0 Å². The predicted molar refractivity (Wildman–Crippen MR) is 95.0 cm³/mol. The van der Waals surface area contributed by atoms with Crippen molar-refractivity contribution in [3.63, 3.8) is 0 Å². The third-order valence-electron chi connectivity index (χ3n) is 5.57. The zero-order valence-corrected chi connectivity index (χ0v) is 14.7. The highest BCUT2D eigenvalue weighted by atomic mass is 16.5. The summed E-state index contributed by atoms with van der Waals surface area (Å²) >= 11 is 0. The summed E-state index contributed by atoms with van der Waals surface area (Å²) in [5.41, 5.74) is 2.28. The second kappa shape index (κ2) is 7.28. The van der Waals surface area contributed by atoms with Crippen molar-refractivity contribution < 1.29 is 14.3 Å². The minimum Gasteiger partial charge on any atom is -0.439 e. The fraction of sp³-hybridized carbons (Fsp3) is 0.550. The number of rotatable bonds is 4. The van der Waals surface area contributed by atoms with Crippen molar-refractivity contribution in [3.8, 4) is 11.3 Å². The highest BCUT2D eigenvalue weighted by molar-refractivity contribution is 5.60.